The van der Waals surface area contributed by atoms with Crippen LogP contribution in [0, 0.1) is 0 Å². The van der Waals surface area contributed by atoms with Crippen molar-refractivity contribution in [1.29, 1.82) is 0 Å². The topological polar surface area (TPSA) is 63.6 Å². The van der Waals surface area contributed by atoms with Crippen LogP contribution in [0.15, 0.2) is 0 Å². The summed E-state index contributed by atoms with van der Waals surface area (Å²) in [6.45, 7) is 3.18. The Kier molecular flexibility index (Phi) is 3.61. The van der Waals surface area contributed by atoms with Gasteiger partial charge >= 0.3 is 5.97 Å². The first-order chi connectivity index (χ1) is 4.48. The van der Waals surface area contributed by atoms with Gasteiger partial charge in [0.15, 0.2) is 8.69 Å². The number of hydrogen-bond acceptors (Lipinski definition) is 3. The Balaban J connectivity index is 3.85. The van der Waals surface area contributed by atoms with Crippen LogP contribution in [0.25, 0.3) is 0 Å². The summed E-state index contributed by atoms with van der Waals surface area (Å²) < 4.78 is 14.7. The van der Waals surface area contributed by atoms with Crippen LogP contribution in [-0.4, -0.2) is 16.7 Å². The second-order valence-corrected chi connectivity index (χ2v) is 2.97. The SMILES string of the molecule is CC(C)(CC(=O)O)O[PH2]=O. The fourth-order valence-electron chi connectivity index (χ4n) is 0.536. The first kappa shape index (κ1) is 9.66. The number of carbonyl (C=O) groups is 1. The molecule has 0 aliphatic heterocycles. The zero-order valence-corrected chi connectivity index (χ0v) is 7.11. The van der Waals surface area contributed by atoms with Crippen molar-refractivity contribution in [3.05, 3.63) is 0 Å². The first-order valence-electron chi connectivity index (χ1n) is 2.81. The van der Waals surface area contributed by atoms with Gasteiger partial charge in [-0.25, -0.2) is 0 Å². The van der Waals surface area contributed by atoms with Gasteiger partial charge < -0.3 is 9.63 Å². The monoisotopic (exact) mass is 166 g/mol. The average molecular weight is 166 g/mol. The van der Waals surface area contributed by atoms with Gasteiger partial charge in [-0.3, -0.25) is 9.36 Å². The van der Waals surface area contributed by atoms with Crippen molar-refractivity contribution in [2.75, 3.05) is 0 Å². The van der Waals surface area contributed by atoms with Crippen LogP contribution in [0.1, 0.15) is 20.3 Å². The fourth-order valence-corrected chi connectivity index (χ4v) is 0.880. The molecule has 0 amide bonds. The van der Waals surface area contributed by atoms with Crippen LogP contribution in [0.2, 0.25) is 0 Å². The highest BCUT2D eigenvalue weighted by Crippen LogP contribution is 2.19. The van der Waals surface area contributed by atoms with E-state index in [1.54, 1.807) is 13.8 Å². The van der Waals surface area contributed by atoms with E-state index in [4.69, 9.17) is 5.11 Å². The van der Waals surface area contributed by atoms with Gasteiger partial charge in [-0.1, -0.05) is 0 Å². The molecule has 10 heavy (non-hydrogen) atoms. The van der Waals surface area contributed by atoms with Gasteiger partial charge in [0.25, 0.3) is 0 Å². The Bertz CT molecular complexity index is 143. The van der Waals surface area contributed by atoms with E-state index in [0.29, 0.717) is 0 Å². The molecule has 0 aromatic carbocycles. The lowest BCUT2D eigenvalue weighted by atomic mass is 10.1. The van der Waals surface area contributed by atoms with Gasteiger partial charge in [-0.2, -0.15) is 0 Å². The molecule has 0 bridgehead atoms. The summed E-state index contributed by atoms with van der Waals surface area (Å²) in [7, 11) is -1.33. The summed E-state index contributed by atoms with van der Waals surface area (Å²) in [5.41, 5.74) is -0.803. The summed E-state index contributed by atoms with van der Waals surface area (Å²) >= 11 is 0. The normalized spacial score (nSPS) is 12.6. The van der Waals surface area contributed by atoms with Crippen LogP contribution in [0.5, 0.6) is 0 Å². The van der Waals surface area contributed by atoms with E-state index in [1.807, 2.05) is 0 Å². The predicted octanol–water partition coefficient (Wildman–Crippen LogP) is 0.928. The van der Waals surface area contributed by atoms with Gasteiger partial charge in [0.05, 0.1) is 12.0 Å². The third-order valence-electron chi connectivity index (χ3n) is 0.944. The fraction of sp³-hybridized carbons (Fsp3) is 0.800. The van der Waals surface area contributed by atoms with Gasteiger partial charge in [0.2, 0.25) is 0 Å². The Morgan fingerprint density at radius 3 is 2.50 bits per heavy atom. The van der Waals surface area contributed by atoms with Crippen molar-refractivity contribution in [1.82, 2.24) is 0 Å². The smallest absolute Gasteiger partial charge is 0.306 e. The zero-order valence-electron chi connectivity index (χ0n) is 5.96. The third kappa shape index (κ3) is 4.53. The van der Waals surface area contributed by atoms with Crippen molar-refractivity contribution >= 4 is 14.7 Å². The van der Waals surface area contributed by atoms with Gasteiger partial charge in [0.1, 0.15) is 0 Å². The Morgan fingerprint density at radius 1 is 1.70 bits per heavy atom. The first-order valence-corrected chi connectivity index (χ1v) is 3.75. The second kappa shape index (κ2) is 3.74. The molecule has 1 unspecified atom stereocenters. The predicted molar refractivity (Wildman–Crippen MR) is 37.8 cm³/mol. The molecule has 1 atom stereocenters. The maximum Gasteiger partial charge on any atom is 0.306 e. The van der Waals surface area contributed by atoms with Crippen molar-refractivity contribution in [2.24, 2.45) is 0 Å². The Hall–Kier alpha value is -0.340. The summed E-state index contributed by atoms with van der Waals surface area (Å²) in [6.07, 6.45) is -0.123. The standard InChI is InChI=1S/C5H11O4P/c1-5(2,9-10-8)3-4(6)7/h3,10H2,1-2H3,(H,6,7). The van der Waals surface area contributed by atoms with Crippen LogP contribution in [-0.2, 0) is 13.9 Å². The van der Waals surface area contributed by atoms with E-state index in [2.05, 4.69) is 4.52 Å². The molecular formula is C5H11O4P. The lowest BCUT2D eigenvalue weighted by molar-refractivity contribution is -0.140. The molecule has 0 rings (SSSR count). The maximum atomic E-state index is 10.1. The number of rotatable bonds is 4. The highest BCUT2D eigenvalue weighted by molar-refractivity contribution is 7.17. The molecule has 0 radical (unpaired) electrons. The highest BCUT2D eigenvalue weighted by atomic mass is 31.1. The molecule has 0 saturated carbocycles. The molecule has 0 saturated heterocycles. The molecule has 0 aromatic heterocycles. The molecule has 0 fully saturated rings. The summed E-state index contributed by atoms with van der Waals surface area (Å²) in [5, 5.41) is 8.30. The van der Waals surface area contributed by atoms with E-state index in [0.717, 1.165) is 0 Å². The van der Waals surface area contributed by atoms with Crippen molar-refractivity contribution in [3.63, 3.8) is 0 Å². The van der Waals surface area contributed by atoms with Crippen LogP contribution >= 0.6 is 8.69 Å². The van der Waals surface area contributed by atoms with E-state index in [-0.39, 0.29) is 6.42 Å². The van der Waals surface area contributed by atoms with Gasteiger partial charge in [0, 0.05) is 0 Å². The molecule has 0 aliphatic carbocycles. The minimum atomic E-state index is -1.33. The molecule has 60 valence electrons. The molecule has 0 aromatic rings. The van der Waals surface area contributed by atoms with E-state index < -0.39 is 20.3 Å². The molecule has 0 heterocycles. The van der Waals surface area contributed by atoms with E-state index in [9.17, 15) is 9.36 Å². The molecule has 1 N–H and O–H groups in total. The molecule has 5 heteroatoms. The number of carboxylic acids is 1. The van der Waals surface area contributed by atoms with Crippen molar-refractivity contribution < 1.29 is 19.0 Å². The number of carboxylic acid groups (broad SMARTS) is 1. The Morgan fingerprint density at radius 2 is 2.20 bits per heavy atom. The quantitative estimate of drug-likeness (QED) is 0.631. The molecule has 4 nitrogen and oxygen atoms in total. The zero-order chi connectivity index (χ0) is 8.20. The van der Waals surface area contributed by atoms with Gasteiger partial charge in [-0.15, -0.1) is 0 Å². The second-order valence-electron chi connectivity index (χ2n) is 2.54. The lowest BCUT2D eigenvalue weighted by Gasteiger charge is -2.18. The van der Waals surface area contributed by atoms with E-state index >= 15 is 0 Å². The van der Waals surface area contributed by atoms with Crippen molar-refractivity contribution in [3.8, 4) is 0 Å². The minimum absolute atomic E-state index is 0.123. The summed E-state index contributed by atoms with van der Waals surface area (Å²) in [5.74, 6) is -0.946. The average Bonchev–Trinajstić information content (AvgIpc) is 1.59. The maximum absolute atomic E-state index is 10.1. The molecule has 0 aliphatic rings. The van der Waals surface area contributed by atoms with Crippen LogP contribution in [0.4, 0.5) is 0 Å². The van der Waals surface area contributed by atoms with Gasteiger partial charge in [-0.05, 0) is 13.8 Å². The number of aliphatic carboxylic acids is 1. The van der Waals surface area contributed by atoms with Crippen molar-refractivity contribution in [2.45, 2.75) is 25.9 Å². The highest BCUT2D eigenvalue weighted by Gasteiger charge is 2.21. The third-order valence-corrected chi connectivity index (χ3v) is 1.68. The largest absolute Gasteiger partial charge is 0.481 e. The van der Waals surface area contributed by atoms with Crippen LogP contribution in [0.3, 0.4) is 0 Å². The Labute approximate surface area is 60.5 Å². The number of hydrogen-bond donors (Lipinski definition) is 1. The lowest BCUT2D eigenvalue weighted by Crippen LogP contribution is -2.24. The summed E-state index contributed by atoms with van der Waals surface area (Å²) in [4.78, 5) is 10.1. The van der Waals surface area contributed by atoms with Crippen LogP contribution < -0.4 is 0 Å². The minimum Gasteiger partial charge on any atom is -0.481 e. The van der Waals surface area contributed by atoms with E-state index in [1.165, 1.54) is 0 Å². The summed E-state index contributed by atoms with van der Waals surface area (Å²) in [6, 6.07) is 0. The molecule has 0 spiro atoms. The molecular weight excluding hydrogens is 155 g/mol.